The van der Waals surface area contributed by atoms with Crippen molar-refractivity contribution in [3.63, 3.8) is 0 Å². The van der Waals surface area contributed by atoms with Crippen LogP contribution in [0.25, 0.3) is 0 Å². The van der Waals surface area contributed by atoms with Crippen LogP contribution in [0.4, 0.5) is 10.1 Å². The number of rotatable bonds is 3. The van der Waals surface area contributed by atoms with Crippen LogP contribution in [-0.2, 0) is 0 Å². The Morgan fingerprint density at radius 3 is 2.65 bits per heavy atom. The summed E-state index contributed by atoms with van der Waals surface area (Å²) in [6.07, 6.45) is 2.24. The van der Waals surface area contributed by atoms with Gasteiger partial charge >= 0.3 is 5.97 Å². The van der Waals surface area contributed by atoms with E-state index in [1.165, 1.54) is 24.4 Å². The van der Waals surface area contributed by atoms with Gasteiger partial charge in [-0.2, -0.15) is 0 Å². The Labute approximate surface area is 114 Å². The quantitative estimate of drug-likeness (QED) is 0.901. The molecule has 2 N–H and O–H groups in total. The van der Waals surface area contributed by atoms with Crippen molar-refractivity contribution < 1.29 is 19.1 Å². The highest BCUT2D eigenvalue weighted by molar-refractivity contribution is 6.05. The molecular formula is C14H11FN2O3. The third kappa shape index (κ3) is 2.64. The van der Waals surface area contributed by atoms with Crippen LogP contribution >= 0.6 is 0 Å². The highest BCUT2D eigenvalue weighted by Gasteiger charge is 2.15. The lowest BCUT2D eigenvalue weighted by atomic mass is 10.1. The molecule has 6 heteroatoms. The van der Waals surface area contributed by atoms with E-state index in [9.17, 15) is 14.0 Å². The summed E-state index contributed by atoms with van der Waals surface area (Å²) in [5.41, 5.74) is 0.659. The number of carbonyl (C=O) groups is 2. The Balaban J connectivity index is 2.32. The summed E-state index contributed by atoms with van der Waals surface area (Å²) in [5, 5.41) is 11.5. The van der Waals surface area contributed by atoms with E-state index < -0.39 is 17.7 Å². The molecule has 1 amide bonds. The lowest BCUT2D eigenvalue weighted by molar-refractivity contribution is 0.0695. The average Bonchev–Trinajstić information content (AvgIpc) is 2.41. The van der Waals surface area contributed by atoms with E-state index in [4.69, 9.17) is 5.11 Å². The molecule has 0 aliphatic heterocycles. The highest BCUT2D eigenvalue weighted by atomic mass is 19.1. The maximum Gasteiger partial charge on any atom is 0.336 e. The van der Waals surface area contributed by atoms with Crippen molar-refractivity contribution in [2.75, 3.05) is 5.32 Å². The van der Waals surface area contributed by atoms with E-state index in [1.807, 2.05) is 0 Å². The van der Waals surface area contributed by atoms with Gasteiger partial charge in [0.2, 0.25) is 0 Å². The first-order chi connectivity index (χ1) is 9.50. The van der Waals surface area contributed by atoms with E-state index in [2.05, 4.69) is 10.3 Å². The number of aromatic carboxylic acids is 1. The first-order valence-electron chi connectivity index (χ1n) is 5.74. The second-order valence-corrected chi connectivity index (χ2v) is 4.09. The molecule has 0 unspecified atom stereocenters. The first kappa shape index (κ1) is 13.7. The average molecular weight is 274 g/mol. The Morgan fingerprint density at radius 1 is 1.25 bits per heavy atom. The van der Waals surface area contributed by atoms with Gasteiger partial charge in [0.05, 0.1) is 17.3 Å². The van der Waals surface area contributed by atoms with Crippen molar-refractivity contribution in [2.24, 2.45) is 0 Å². The van der Waals surface area contributed by atoms with Crippen LogP contribution in [0.15, 0.2) is 36.7 Å². The number of anilines is 1. The summed E-state index contributed by atoms with van der Waals surface area (Å²) in [7, 11) is 0. The fraction of sp³-hybridized carbons (Fsp3) is 0.0714. The third-order valence-electron chi connectivity index (χ3n) is 2.83. The minimum absolute atomic E-state index is 0.0815. The van der Waals surface area contributed by atoms with Crippen molar-refractivity contribution in [1.82, 2.24) is 4.98 Å². The fourth-order valence-electron chi connectivity index (χ4n) is 1.75. The Bertz CT molecular complexity index is 686. The summed E-state index contributed by atoms with van der Waals surface area (Å²) in [6.45, 7) is 1.57. The predicted molar refractivity (Wildman–Crippen MR) is 70.3 cm³/mol. The SMILES string of the molecule is Cc1c(NC(=O)c2ccncc2F)cccc1C(=O)O. The summed E-state index contributed by atoms with van der Waals surface area (Å²) in [5.74, 6) is -2.48. The topological polar surface area (TPSA) is 79.3 Å². The second kappa shape index (κ2) is 5.48. The molecular weight excluding hydrogens is 263 g/mol. The van der Waals surface area contributed by atoms with Crippen molar-refractivity contribution >= 4 is 17.6 Å². The number of aromatic nitrogens is 1. The zero-order valence-electron chi connectivity index (χ0n) is 10.6. The number of carboxylic acid groups (broad SMARTS) is 1. The number of halogens is 1. The van der Waals surface area contributed by atoms with Gasteiger partial charge < -0.3 is 10.4 Å². The second-order valence-electron chi connectivity index (χ2n) is 4.09. The molecule has 0 spiro atoms. The molecule has 20 heavy (non-hydrogen) atoms. The zero-order valence-corrected chi connectivity index (χ0v) is 10.6. The molecule has 1 aromatic carbocycles. The van der Waals surface area contributed by atoms with Crippen LogP contribution in [0.2, 0.25) is 0 Å². The fourth-order valence-corrected chi connectivity index (χ4v) is 1.75. The van der Waals surface area contributed by atoms with Crippen LogP contribution in [0, 0.1) is 12.7 Å². The molecule has 5 nitrogen and oxygen atoms in total. The molecule has 0 aliphatic carbocycles. The van der Waals surface area contributed by atoms with E-state index in [0.29, 0.717) is 11.3 Å². The monoisotopic (exact) mass is 274 g/mol. The number of amides is 1. The van der Waals surface area contributed by atoms with Gasteiger partial charge in [-0.3, -0.25) is 9.78 Å². The van der Waals surface area contributed by atoms with Crippen LogP contribution in [0.3, 0.4) is 0 Å². The van der Waals surface area contributed by atoms with Crippen molar-refractivity contribution in [3.8, 4) is 0 Å². The van der Waals surface area contributed by atoms with Gasteiger partial charge in [-0.05, 0) is 30.7 Å². The smallest absolute Gasteiger partial charge is 0.336 e. The number of benzene rings is 1. The molecule has 0 fully saturated rings. The highest BCUT2D eigenvalue weighted by Crippen LogP contribution is 2.20. The van der Waals surface area contributed by atoms with Crippen molar-refractivity contribution in [2.45, 2.75) is 6.92 Å². The number of hydrogen-bond donors (Lipinski definition) is 2. The molecule has 0 bridgehead atoms. The van der Waals surface area contributed by atoms with Crippen LogP contribution in [0.1, 0.15) is 26.3 Å². The van der Waals surface area contributed by atoms with Gasteiger partial charge in [0.1, 0.15) is 0 Å². The molecule has 2 aromatic rings. The summed E-state index contributed by atoms with van der Waals surface area (Å²) >= 11 is 0. The molecule has 0 saturated carbocycles. The molecule has 1 heterocycles. The van der Waals surface area contributed by atoms with Crippen LogP contribution < -0.4 is 5.32 Å². The number of carboxylic acids is 1. The van der Waals surface area contributed by atoms with Gasteiger partial charge in [0.25, 0.3) is 5.91 Å². The number of hydrogen-bond acceptors (Lipinski definition) is 3. The van der Waals surface area contributed by atoms with Crippen molar-refractivity contribution in [3.05, 3.63) is 59.2 Å². The number of carbonyl (C=O) groups excluding carboxylic acids is 1. The molecule has 0 atom stereocenters. The zero-order chi connectivity index (χ0) is 14.7. The minimum atomic E-state index is -1.09. The number of nitrogens with zero attached hydrogens (tertiary/aromatic N) is 1. The van der Waals surface area contributed by atoms with Crippen LogP contribution in [0.5, 0.6) is 0 Å². The molecule has 0 aliphatic rings. The molecule has 0 radical (unpaired) electrons. The molecule has 0 saturated heterocycles. The van der Waals surface area contributed by atoms with Crippen molar-refractivity contribution in [1.29, 1.82) is 0 Å². The van der Waals surface area contributed by atoms with Gasteiger partial charge in [-0.15, -0.1) is 0 Å². The predicted octanol–water partition coefficient (Wildman–Crippen LogP) is 2.48. The lowest BCUT2D eigenvalue weighted by Crippen LogP contribution is -2.15. The normalized spacial score (nSPS) is 10.1. The van der Waals surface area contributed by atoms with Gasteiger partial charge in [-0.1, -0.05) is 6.07 Å². The van der Waals surface area contributed by atoms with Gasteiger partial charge in [-0.25, -0.2) is 9.18 Å². The Kier molecular flexibility index (Phi) is 3.74. The molecule has 102 valence electrons. The number of pyridine rings is 1. The van der Waals surface area contributed by atoms with E-state index >= 15 is 0 Å². The largest absolute Gasteiger partial charge is 0.478 e. The summed E-state index contributed by atoms with van der Waals surface area (Å²) < 4.78 is 13.4. The Morgan fingerprint density at radius 2 is 2.00 bits per heavy atom. The Hall–Kier alpha value is -2.76. The maximum atomic E-state index is 13.4. The summed E-state index contributed by atoms with van der Waals surface area (Å²) in [4.78, 5) is 26.5. The minimum Gasteiger partial charge on any atom is -0.478 e. The van der Waals surface area contributed by atoms with Crippen LogP contribution in [-0.4, -0.2) is 22.0 Å². The standard InChI is InChI=1S/C14H11FN2O3/c1-8-9(14(19)20)3-2-4-12(8)17-13(18)10-5-6-16-7-11(10)15/h2-7H,1H3,(H,17,18)(H,19,20). The van der Waals surface area contributed by atoms with E-state index in [-0.39, 0.29) is 11.1 Å². The van der Waals surface area contributed by atoms with Gasteiger partial charge in [0.15, 0.2) is 5.82 Å². The number of nitrogens with one attached hydrogen (secondary N) is 1. The molecule has 1 aromatic heterocycles. The third-order valence-corrected chi connectivity index (χ3v) is 2.83. The van der Waals surface area contributed by atoms with Gasteiger partial charge in [0, 0.05) is 11.9 Å². The van der Waals surface area contributed by atoms with E-state index in [0.717, 1.165) is 6.20 Å². The lowest BCUT2D eigenvalue weighted by Gasteiger charge is -2.10. The summed E-state index contributed by atoms with van der Waals surface area (Å²) in [6, 6.07) is 5.75. The molecule has 2 rings (SSSR count). The maximum absolute atomic E-state index is 13.4. The first-order valence-corrected chi connectivity index (χ1v) is 5.74. The van der Waals surface area contributed by atoms with E-state index in [1.54, 1.807) is 13.0 Å².